The number of rotatable bonds is 3. The average Bonchev–Trinajstić information content (AvgIpc) is 2.86. The van der Waals surface area contributed by atoms with Crippen molar-refractivity contribution in [1.82, 2.24) is 0 Å². The maximum atomic E-state index is 12.3. The standard InChI is InChI=1S/C14H13ClN2O2S/c15-12-3-1-2-4-14(12)20(18,19)17-11-5-6-13-10(9-11)7-8-16-13/h1-6,9,16-17H,7-8H2. The Hall–Kier alpha value is -1.72. The van der Waals surface area contributed by atoms with Gasteiger partial charge in [0.05, 0.1) is 5.02 Å². The highest BCUT2D eigenvalue weighted by Crippen LogP contribution is 2.28. The number of hydrogen-bond acceptors (Lipinski definition) is 3. The van der Waals surface area contributed by atoms with Gasteiger partial charge >= 0.3 is 0 Å². The van der Waals surface area contributed by atoms with Gasteiger partial charge in [0.2, 0.25) is 0 Å². The molecule has 0 saturated carbocycles. The Kier molecular flexibility index (Phi) is 3.31. The third-order valence-electron chi connectivity index (χ3n) is 3.19. The highest BCUT2D eigenvalue weighted by Gasteiger charge is 2.18. The van der Waals surface area contributed by atoms with Gasteiger partial charge in [0, 0.05) is 17.9 Å². The number of nitrogens with one attached hydrogen (secondary N) is 2. The van der Waals surface area contributed by atoms with E-state index in [1.54, 1.807) is 24.3 Å². The minimum absolute atomic E-state index is 0.0836. The van der Waals surface area contributed by atoms with Crippen LogP contribution < -0.4 is 10.0 Å². The number of sulfonamides is 1. The van der Waals surface area contributed by atoms with Gasteiger partial charge in [0.1, 0.15) is 4.90 Å². The van der Waals surface area contributed by atoms with E-state index in [0.717, 1.165) is 24.2 Å². The van der Waals surface area contributed by atoms with Crippen LogP contribution >= 0.6 is 11.6 Å². The fourth-order valence-corrected chi connectivity index (χ4v) is 3.81. The van der Waals surface area contributed by atoms with Gasteiger partial charge in [-0.25, -0.2) is 8.42 Å². The molecule has 3 rings (SSSR count). The molecular weight excluding hydrogens is 296 g/mol. The number of fused-ring (bicyclic) bond motifs is 1. The summed E-state index contributed by atoms with van der Waals surface area (Å²) >= 11 is 5.94. The quantitative estimate of drug-likeness (QED) is 0.916. The number of anilines is 2. The van der Waals surface area contributed by atoms with Crippen LogP contribution in [0.3, 0.4) is 0 Å². The Labute approximate surface area is 122 Å². The molecule has 1 heterocycles. The molecule has 1 aliphatic rings. The largest absolute Gasteiger partial charge is 0.384 e. The lowest BCUT2D eigenvalue weighted by Gasteiger charge is -2.10. The van der Waals surface area contributed by atoms with E-state index in [9.17, 15) is 8.42 Å². The van der Waals surface area contributed by atoms with Crippen LogP contribution in [-0.2, 0) is 16.4 Å². The van der Waals surface area contributed by atoms with E-state index in [4.69, 9.17) is 11.6 Å². The van der Waals surface area contributed by atoms with Crippen LogP contribution in [0.2, 0.25) is 5.02 Å². The zero-order chi connectivity index (χ0) is 14.2. The molecule has 0 saturated heterocycles. The molecule has 0 spiro atoms. The van der Waals surface area contributed by atoms with Gasteiger partial charge in [-0.3, -0.25) is 4.72 Å². The molecule has 2 aromatic rings. The molecule has 6 heteroatoms. The van der Waals surface area contributed by atoms with Crippen molar-refractivity contribution in [3.63, 3.8) is 0 Å². The monoisotopic (exact) mass is 308 g/mol. The topological polar surface area (TPSA) is 58.2 Å². The van der Waals surface area contributed by atoms with Gasteiger partial charge in [-0.1, -0.05) is 23.7 Å². The van der Waals surface area contributed by atoms with E-state index < -0.39 is 10.0 Å². The summed E-state index contributed by atoms with van der Waals surface area (Å²) in [5, 5.41) is 3.44. The Balaban J connectivity index is 1.93. The SMILES string of the molecule is O=S(=O)(Nc1ccc2c(c1)CCN2)c1ccccc1Cl. The fourth-order valence-electron chi connectivity index (χ4n) is 2.24. The third-order valence-corrected chi connectivity index (χ3v) is 5.07. The first-order chi connectivity index (χ1) is 9.56. The van der Waals surface area contributed by atoms with Gasteiger partial charge in [-0.05, 0) is 42.3 Å². The molecule has 0 aromatic heterocycles. The molecule has 2 aromatic carbocycles. The maximum absolute atomic E-state index is 12.3. The Morgan fingerprint density at radius 1 is 1.15 bits per heavy atom. The van der Waals surface area contributed by atoms with Crippen LogP contribution in [0.1, 0.15) is 5.56 Å². The van der Waals surface area contributed by atoms with Crippen molar-refractivity contribution in [3.05, 3.63) is 53.1 Å². The summed E-state index contributed by atoms with van der Waals surface area (Å²) in [4.78, 5) is 0.0836. The molecule has 0 radical (unpaired) electrons. The van der Waals surface area contributed by atoms with E-state index in [1.165, 1.54) is 6.07 Å². The van der Waals surface area contributed by atoms with Gasteiger partial charge in [0.15, 0.2) is 0 Å². The molecule has 0 fully saturated rings. The van der Waals surface area contributed by atoms with Crippen LogP contribution in [-0.4, -0.2) is 15.0 Å². The van der Waals surface area contributed by atoms with Crippen molar-refractivity contribution in [2.24, 2.45) is 0 Å². The molecule has 0 unspecified atom stereocenters. The second-order valence-electron chi connectivity index (χ2n) is 4.58. The van der Waals surface area contributed by atoms with E-state index in [-0.39, 0.29) is 9.92 Å². The lowest BCUT2D eigenvalue weighted by molar-refractivity contribution is 0.601. The van der Waals surface area contributed by atoms with Crippen molar-refractivity contribution in [3.8, 4) is 0 Å². The summed E-state index contributed by atoms with van der Waals surface area (Å²) in [5.41, 5.74) is 2.72. The molecule has 4 nitrogen and oxygen atoms in total. The molecule has 0 amide bonds. The van der Waals surface area contributed by atoms with Crippen LogP contribution in [0.4, 0.5) is 11.4 Å². The van der Waals surface area contributed by atoms with Gasteiger partial charge in [0.25, 0.3) is 10.0 Å². The molecule has 20 heavy (non-hydrogen) atoms. The van der Waals surface area contributed by atoms with Crippen LogP contribution in [0.15, 0.2) is 47.4 Å². The number of hydrogen-bond donors (Lipinski definition) is 2. The molecule has 0 atom stereocenters. The zero-order valence-corrected chi connectivity index (χ0v) is 12.1. The predicted molar refractivity (Wildman–Crippen MR) is 80.9 cm³/mol. The molecule has 2 N–H and O–H groups in total. The van der Waals surface area contributed by atoms with E-state index in [2.05, 4.69) is 10.0 Å². The van der Waals surface area contributed by atoms with Crippen molar-refractivity contribution >= 4 is 33.0 Å². The zero-order valence-electron chi connectivity index (χ0n) is 10.6. The summed E-state index contributed by atoms with van der Waals surface area (Å²) in [6.07, 6.45) is 0.900. The fraction of sp³-hybridized carbons (Fsp3) is 0.143. The first-order valence-corrected chi connectivity index (χ1v) is 8.06. The Morgan fingerprint density at radius 2 is 1.95 bits per heavy atom. The lowest BCUT2D eigenvalue weighted by Crippen LogP contribution is -2.13. The highest BCUT2D eigenvalue weighted by atomic mass is 35.5. The summed E-state index contributed by atoms with van der Waals surface area (Å²) < 4.78 is 27.2. The Morgan fingerprint density at radius 3 is 2.75 bits per heavy atom. The molecule has 1 aliphatic heterocycles. The number of benzene rings is 2. The normalized spacial score (nSPS) is 13.7. The van der Waals surface area contributed by atoms with Crippen molar-refractivity contribution in [1.29, 1.82) is 0 Å². The molecule has 0 bridgehead atoms. The van der Waals surface area contributed by atoms with Crippen molar-refractivity contribution in [2.45, 2.75) is 11.3 Å². The van der Waals surface area contributed by atoms with Crippen molar-refractivity contribution < 1.29 is 8.42 Å². The smallest absolute Gasteiger partial charge is 0.263 e. The molecule has 0 aliphatic carbocycles. The Bertz CT molecular complexity index is 760. The van der Waals surface area contributed by atoms with E-state index in [1.807, 2.05) is 12.1 Å². The second-order valence-corrected chi connectivity index (χ2v) is 6.64. The summed E-state index contributed by atoms with van der Waals surface area (Å²) in [7, 11) is -3.66. The minimum Gasteiger partial charge on any atom is -0.384 e. The summed E-state index contributed by atoms with van der Waals surface area (Å²) in [6.45, 7) is 0.885. The van der Waals surface area contributed by atoms with Crippen LogP contribution in [0.5, 0.6) is 0 Å². The van der Waals surface area contributed by atoms with Gasteiger partial charge < -0.3 is 5.32 Å². The van der Waals surface area contributed by atoms with E-state index >= 15 is 0 Å². The summed E-state index contributed by atoms with van der Waals surface area (Å²) in [5.74, 6) is 0. The predicted octanol–water partition coefficient (Wildman–Crippen LogP) is 3.11. The molecular formula is C14H13ClN2O2S. The van der Waals surface area contributed by atoms with Crippen LogP contribution in [0.25, 0.3) is 0 Å². The second kappa shape index (κ2) is 5.00. The first kappa shape index (κ1) is 13.3. The van der Waals surface area contributed by atoms with Gasteiger partial charge in [-0.15, -0.1) is 0 Å². The maximum Gasteiger partial charge on any atom is 0.263 e. The third kappa shape index (κ3) is 2.46. The minimum atomic E-state index is -3.66. The van der Waals surface area contributed by atoms with Gasteiger partial charge in [-0.2, -0.15) is 0 Å². The average molecular weight is 309 g/mol. The number of halogens is 1. The highest BCUT2D eigenvalue weighted by molar-refractivity contribution is 7.92. The molecule has 104 valence electrons. The first-order valence-electron chi connectivity index (χ1n) is 6.20. The summed E-state index contributed by atoms with van der Waals surface area (Å²) in [6, 6.07) is 11.9. The van der Waals surface area contributed by atoms with E-state index in [0.29, 0.717) is 5.69 Å². The van der Waals surface area contributed by atoms with Crippen molar-refractivity contribution in [2.75, 3.05) is 16.6 Å². The van der Waals surface area contributed by atoms with Crippen LogP contribution in [0, 0.1) is 0 Å². The lowest BCUT2D eigenvalue weighted by atomic mass is 10.1.